The van der Waals surface area contributed by atoms with E-state index in [2.05, 4.69) is 53.8 Å². The zero-order chi connectivity index (χ0) is 32.5. The zero-order valence-corrected chi connectivity index (χ0v) is 27.7. The van der Waals surface area contributed by atoms with Gasteiger partial charge < -0.3 is 25.3 Å². The van der Waals surface area contributed by atoms with E-state index in [-0.39, 0.29) is 28.0 Å². The Kier molecular flexibility index (Phi) is 8.55. The number of nitrogens with two attached hydrogens (primary N) is 1. The number of alkyl halides is 1. The first-order chi connectivity index (χ1) is 21.9. The third-order valence-electron chi connectivity index (χ3n) is 7.71. The molecule has 0 radical (unpaired) electrons. The van der Waals surface area contributed by atoms with Crippen LogP contribution in [0.2, 0.25) is 0 Å². The van der Waals surface area contributed by atoms with E-state index in [1.807, 2.05) is 0 Å². The maximum Gasteiger partial charge on any atom is 0.386 e. The van der Waals surface area contributed by atoms with E-state index in [0.717, 1.165) is 11.5 Å². The molecule has 2 bridgehead atoms. The number of halogens is 1. The standard InChI is InChI=1S/C22H25FN8O10P2S3/c1-7-28-12-13(21(33)29-7)30-46-18(12)17-15-8(2-32)9(38-17)3-36-43(35,45)41-16-10(4-37-42(34,44)40-15)39-22(11(16)23)31-6-27-14-19(24)25-5-26-20(14)31/h5-6,8-11,15-17,22,32H,2-4H2,1H3,(H,34,44)(H,35,45)(H2,24,25,26)(H,28,29,33)/t8-,9-,10-,11-,15-,16-,17-,22-,42-,43+/m1/s1. The average molecular weight is 739 g/mol. The summed E-state index contributed by atoms with van der Waals surface area (Å²) in [7, 11) is 0. The number of anilines is 1. The van der Waals surface area contributed by atoms with Gasteiger partial charge in [-0.3, -0.25) is 27.5 Å². The van der Waals surface area contributed by atoms with Crippen LogP contribution in [0.15, 0.2) is 17.4 Å². The van der Waals surface area contributed by atoms with Crippen molar-refractivity contribution >= 4 is 77.6 Å². The molecule has 0 aliphatic carbocycles. The molecule has 0 amide bonds. The van der Waals surface area contributed by atoms with Gasteiger partial charge in [0.25, 0.3) is 5.56 Å². The lowest BCUT2D eigenvalue weighted by Crippen LogP contribution is -2.33. The van der Waals surface area contributed by atoms with Gasteiger partial charge in [0, 0.05) is 5.92 Å². The number of nitrogens with one attached hydrogen (secondary N) is 1. The van der Waals surface area contributed by atoms with E-state index in [4.69, 9.17) is 33.3 Å². The first kappa shape index (κ1) is 32.5. The minimum atomic E-state index is -4.36. The van der Waals surface area contributed by atoms with E-state index in [1.54, 1.807) is 6.92 Å². The van der Waals surface area contributed by atoms with Gasteiger partial charge in [-0.05, 0) is 18.5 Å². The van der Waals surface area contributed by atoms with Gasteiger partial charge in [-0.1, -0.05) is 24.5 Å². The predicted octanol–water partition coefficient (Wildman–Crippen LogP) is 2.29. The number of H-pyrrole nitrogens is 1. The average Bonchev–Trinajstić information content (AvgIpc) is 3.75. The van der Waals surface area contributed by atoms with Crippen LogP contribution in [0.4, 0.5) is 10.2 Å². The minimum absolute atomic E-state index is 0.0424. The third-order valence-corrected chi connectivity index (χ3v) is 11.8. The monoisotopic (exact) mass is 738 g/mol. The molecule has 3 saturated heterocycles. The van der Waals surface area contributed by atoms with Crippen LogP contribution in [0.25, 0.3) is 22.2 Å². The van der Waals surface area contributed by atoms with Crippen molar-refractivity contribution in [2.24, 2.45) is 5.92 Å². The number of aromatic nitrogens is 7. The topological polar surface area (TPSA) is 238 Å². The summed E-state index contributed by atoms with van der Waals surface area (Å²) in [6, 6.07) is 0. The van der Waals surface area contributed by atoms with Crippen molar-refractivity contribution in [2.45, 2.75) is 49.8 Å². The lowest BCUT2D eigenvalue weighted by molar-refractivity contribution is -0.0452. The molecule has 0 saturated carbocycles. The number of hydrogen-bond donors (Lipinski definition) is 5. The Morgan fingerprint density at radius 1 is 1.09 bits per heavy atom. The highest BCUT2D eigenvalue weighted by Gasteiger charge is 2.54. The number of hydrogen-bond acceptors (Lipinski definition) is 17. The Bertz CT molecular complexity index is 1970. The van der Waals surface area contributed by atoms with E-state index in [9.17, 15) is 19.0 Å². The number of nitrogen functional groups attached to an aromatic ring is 1. The lowest BCUT2D eigenvalue weighted by Gasteiger charge is -2.26. The maximum atomic E-state index is 16.1. The predicted molar refractivity (Wildman–Crippen MR) is 164 cm³/mol. The van der Waals surface area contributed by atoms with Gasteiger partial charge in [0.2, 0.25) is 0 Å². The molecule has 24 heteroatoms. The van der Waals surface area contributed by atoms with Crippen molar-refractivity contribution in [3.8, 4) is 0 Å². The molecule has 4 aromatic heterocycles. The van der Waals surface area contributed by atoms with Gasteiger partial charge in [-0.25, -0.2) is 33.5 Å². The van der Waals surface area contributed by atoms with Crippen LogP contribution in [0.3, 0.4) is 0 Å². The number of imidazole rings is 1. The molecule has 10 atom stereocenters. The summed E-state index contributed by atoms with van der Waals surface area (Å²) in [6.45, 7) is -8.79. The minimum Gasteiger partial charge on any atom is -0.396 e. The van der Waals surface area contributed by atoms with Crippen molar-refractivity contribution in [2.75, 3.05) is 25.6 Å². The van der Waals surface area contributed by atoms with Crippen molar-refractivity contribution in [1.29, 1.82) is 0 Å². The van der Waals surface area contributed by atoms with Crippen LogP contribution in [0, 0.1) is 12.8 Å². The van der Waals surface area contributed by atoms with E-state index < -0.39 is 87.8 Å². The smallest absolute Gasteiger partial charge is 0.386 e. The molecule has 248 valence electrons. The van der Waals surface area contributed by atoms with Crippen molar-refractivity contribution < 1.29 is 46.2 Å². The summed E-state index contributed by atoms with van der Waals surface area (Å²) in [6.07, 6.45) is -7.35. The van der Waals surface area contributed by atoms with Gasteiger partial charge in [-0.15, -0.1) is 0 Å². The molecule has 0 spiro atoms. The summed E-state index contributed by atoms with van der Waals surface area (Å²) in [4.78, 5) is 31.9. The molecule has 7 heterocycles. The zero-order valence-electron chi connectivity index (χ0n) is 23.4. The second kappa shape index (κ2) is 12.1. The molecule has 46 heavy (non-hydrogen) atoms. The van der Waals surface area contributed by atoms with Crippen LogP contribution < -0.4 is 11.3 Å². The fourth-order valence-electron chi connectivity index (χ4n) is 5.63. The molecule has 4 aromatic rings. The normalized spacial score (nSPS) is 37.2. The van der Waals surface area contributed by atoms with Gasteiger partial charge in [0.15, 0.2) is 29.4 Å². The number of ether oxygens (including phenoxy) is 2. The van der Waals surface area contributed by atoms with Crippen LogP contribution in [-0.4, -0.2) is 89.4 Å². The fraction of sp³-hybridized carbons (Fsp3) is 0.545. The number of aliphatic hydroxyl groups is 1. The van der Waals surface area contributed by atoms with E-state index in [1.165, 1.54) is 17.2 Å². The highest BCUT2D eigenvalue weighted by Crippen LogP contribution is 2.61. The maximum absolute atomic E-state index is 16.1. The summed E-state index contributed by atoms with van der Waals surface area (Å²) in [5.41, 5.74) is 5.99. The highest BCUT2D eigenvalue weighted by atomic mass is 32.7. The molecule has 3 fully saturated rings. The van der Waals surface area contributed by atoms with Gasteiger partial charge in [0.05, 0.1) is 37.1 Å². The first-order valence-electron chi connectivity index (χ1n) is 13.5. The third kappa shape index (κ3) is 5.81. The van der Waals surface area contributed by atoms with Crippen molar-refractivity contribution in [3.63, 3.8) is 0 Å². The van der Waals surface area contributed by atoms with Gasteiger partial charge >= 0.3 is 13.6 Å². The summed E-state index contributed by atoms with van der Waals surface area (Å²) < 4.78 is 83.3. The Morgan fingerprint density at radius 3 is 2.54 bits per heavy atom. The summed E-state index contributed by atoms with van der Waals surface area (Å²) >= 11 is 9.10. The van der Waals surface area contributed by atoms with Gasteiger partial charge in [0.1, 0.15) is 47.6 Å². The number of aliphatic hydroxyl groups excluding tert-OH is 1. The van der Waals surface area contributed by atoms with Crippen LogP contribution in [-0.2, 0) is 36.7 Å². The molecule has 3 aliphatic rings. The number of fused-ring (bicyclic) bond motifs is 5. The number of thiol groups is 2. The second-order valence-electron chi connectivity index (χ2n) is 10.6. The number of rotatable bonds is 3. The molecular weight excluding hydrogens is 713 g/mol. The van der Waals surface area contributed by atoms with Crippen molar-refractivity contribution in [1.82, 2.24) is 33.9 Å². The largest absolute Gasteiger partial charge is 0.396 e. The van der Waals surface area contributed by atoms with Crippen LogP contribution in [0.5, 0.6) is 0 Å². The molecule has 3 aliphatic heterocycles. The lowest BCUT2D eigenvalue weighted by atomic mass is 9.96. The molecule has 4 N–H and O–H groups in total. The van der Waals surface area contributed by atoms with Crippen LogP contribution >= 0.6 is 49.6 Å². The Morgan fingerprint density at radius 2 is 1.80 bits per heavy atom. The van der Waals surface area contributed by atoms with Gasteiger partial charge in [-0.2, -0.15) is 4.37 Å². The SMILES string of the molecule is Cc1nc2c([C@@H]3O[C@@H]4CO[P@](=O)(S)O[C@H]5[C@@H](F)[C@H](n6cnc7c(N)ncnc76)O[C@@H]5CO[P@@](=O)(S)O[C@@H]3[C@@H]4CO)snc2c(=O)[nH]1. The Labute approximate surface area is 272 Å². The Hall–Kier alpha value is -2.07. The second-order valence-corrected chi connectivity index (χ2v) is 17.2. The highest BCUT2D eigenvalue weighted by molar-refractivity contribution is 8.44. The van der Waals surface area contributed by atoms with Crippen molar-refractivity contribution in [3.05, 3.63) is 33.7 Å². The summed E-state index contributed by atoms with van der Waals surface area (Å²) in [5.74, 6) is -0.579. The quantitative estimate of drug-likeness (QED) is 0.150. The molecule has 7 rings (SSSR count). The fourth-order valence-corrected chi connectivity index (χ4v) is 9.49. The first-order valence-corrected chi connectivity index (χ1v) is 19.7. The number of nitrogens with zero attached hydrogens (tertiary/aromatic N) is 6. The van der Waals surface area contributed by atoms with Crippen LogP contribution in [0.1, 0.15) is 23.0 Å². The molecule has 0 aromatic carbocycles. The molecule has 0 unspecified atom stereocenters. The number of aryl methyl sites for hydroxylation is 1. The van der Waals surface area contributed by atoms with E-state index in [0.29, 0.717) is 10.7 Å². The molecule has 18 nitrogen and oxygen atoms in total. The number of aromatic amines is 1. The molecular formula is C22H25FN8O10P2S3. The van der Waals surface area contributed by atoms with E-state index >= 15 is 4.39 Å². The summed E-state index contributed by atoms with van der Waals surface area (Å²) in [5, 5.41) is 10.4. The Balaban J connectivity index is 1.22.